The molecule has 210 valence electrons. The Hall–Kier alpha value is -3.03. The van der Waals surface area contributed by atoms with Crippen molar-refractivity contribution in [1.82, 2.24) is 10.2 Å². The molecule has 0 saturated carbocycles. The van der Waals surface area contributed by atoms with Crippen molar-refractivity contribution in [3.8, 4) is 0 Å². The van der Waals surface area contributed by atoms with Crippen LogP contribution in [-0.2, 0) is 4.74 Å². The maximum absolute atomic E-state index is 12.4. The fourth-order valence-electron chi connectivity index (χ4n) is 5.46. The molecule has 0 radical (unpaired) electrons. The monoisotopic (exact) mass is 553 g/mol. The molecule has 1 saturated heterocycles. The average molecular weight is 554 g/mol. The van der Waals surface area contributed by atoms with E-state index in [9.17, 15) is 14.7 Å². The molecular weight excluding hydrogens is 514 g/mol. The van der Waals surface area contributed by atoms with Gasteiger partial charge in [0.05, 0.1) is 5.56 Å². The van der Waals surface area contributed by atoms with Gasteiger partial charge in [-0.1, -0.05) is 36.2 Å². The van der Waals surface area contributed by atoms with Gasteiger partial charge in [-0.25, -0.2) is 9.59 Å². The van der Waals surface area contributed by atoms with Crippen molar-refractivity contribution >= 4 is 34.9 Å². The first-order chi connectivity index (χ1) is 18.4. The summed E-state index contributed by atoms with van der Waals surface area (Å²) in [4.78, 5) is 28.4. The Kier molecular flexibility index (Phi) is 8.92. The number of hydrogen-bond donors (Lipinski definition) is 2. The van der Waals surface area contributed by atoms with Crippen LogP contribution in [-0.4, -0.2) is 66.9 Å². The molecule has 2 aromatic carbocycles. The molecule has 0 bridgehead atoms. The number of nitrogens with zero attached hydrogens (tertiary/aromatic N) is 2. The van der Waals surface area contributed by atoms with Crippen LogP contribution >= 0.6 is 11.6 Å². The Morgan fingerprint density at radius 3 is 2.26 bits per heavy atom. The Balaban J connectivity index is 1.45. The molecule has 8 heteroatoms. The zero-order valence-electron chi connectivity index (χ0n) is 23.4. The van der Waals surface area contributed by atoms with Crippen LogP contribution in [0.5, 0.6) is 0 Å². The Morgan fingerprint density at radius 1 is 1.03 bits per heavy atom. The molecule has 0 spiro atoms. The van der Waals surface area contributed by atoms with Gasteiger partial charge in [0, 0.05) is 50.0 Å². The van der Waals surface area contributed by atoms with E-state index in [1.54, 1.807) is 12.1 Å². The molecule has 1 aliphatic carbocycles. The highest BCUT2D eigenvalue weighted by atomic mass is 35.5. The Labute approximate surface area is 236 Å². The highest BCUT2D eigenvalue weighted by Crippen LogP contribution is 2.43. The lowest BCUT2D eigenvalue weighted by Crippen LogP contribution is -2.47. The van der Waals surface area contributed by atoms with Crippen molar-refractivity contribution in [3.63, 3.8) is 0 Å². The minimum Gasteiger partial charge on any atom is -0.478 e. The first-order valence-electron chi connectivity index (χ1n) is 13.7. The number of carboxylic acid groups (broad SMARTS) is 1. The van der Waals surface area contributed by atoms with E-state index in [2.05, 4.69) is 34.2 Å². The van der Waals surface area contributed by atoms with E-state index >= 15 is 0 Å². The second-order valence-electron chi connectivity index (χ2n) is 12.0. The predicted molar refractivity (Wildman–Crippen MR) is 157 cm³/mol. The van der Waals surface area contributed by atoms with Crippen LogP contribution in [0.4, 0.5) is 10.5 Å². The van der Waals surface area contributed by atoms with Crippen LogP contribution < -0.4 is 10.2 Å². The van der Waals surface area contributed by atoms with E-state index in [1.807, 2.05) is 45.0 Å². The topological polar surface area (TPSA) is 82.1 Å². The summed E-state index contributed by atoms with van der Waals surface area (Å²) in [6.07, 6.45) is 2.45. The third-order valence-corrected chi connectivity index (χ3v) is 7.81. The van der Waals surface area contributed by atoms with Gasteiger partial charge in [-0.2, -0.15) is 0 Å². The second kappa shape index (κ2) is 12.0. The Morgan fingerprint density at radius 2 is 1.67 bits per heavy atom. The summed E-state index contributed by atoms with van der Waals surface area (Å²) in [6.45, 7) is 12.9. The van der Waals surface area contributed by atoms with E-state index in [1.165, 1.54) is 16.7 Å². The number of carbonyl (C=O) groups is 2. The first-order valence-corrected chi connectivity index (χ1v) is 14.0. The lowest BCUT2D eigenvalue weighted by atomic mass is 9.71. The zero-order chi connectivity index (χ0) is 28.2. The van der Waals surface area contributed by atoms with E-state index in [0.717, 1.165) is 62.7 Å². The molecule has 1 unspecified atom stereocenters. The van der Waals surface area contributed by atoms with E-state index in [4.69, 9.17) is 16.3 Å². The normalized spacial score (nSPS) is 20.6. The standard InChI is InChI=1S/C31H40ClN3O4/c1-30(2,3)39-29(38)33-21-31(4)14-13-27(22-5-9-25(32)10-6-22)24(19-31)20-34-15-17-35(18-16-34)26-11-7-23(8-12-26)28(36)37/h5-12H,13-21H2,1-4H3,(H,33,38)(H,36,37). The van der Waals surface area contributed by atoms with Crippen LogP contribution in [0.25, 0.3) is 5.57 Å². The largest absolute Gasteiger partial charge is 0.478 e. The summed E-state index contributed by atoms with van der Waals surface area (Å²) in [5.41, 5.74) is 4.79. The number of carbonyl (C=O) groups excluding carboxylic acids is 1. The lowest BCUT2D eigenvalue weighted by molar-refractivity contribution is 0.0498. The predicted octanol–water partition coefficient (Wildman–Crippen LogP) is 6.33. The number of benzene rings is 2. The summed E-state index contributed by atoms with van der Waals surface area (Å²) in [7, 11) is 0. The molecule has 1 amide bonds. The number of alkyl carbamates (subject to hydrolysis) is 1. The van der Waals surface area contributed by atoms with Crippen molar-refractivity contribution in [2.24, 2.45) is 5.41 Å². The van der Waals surface area contributed by atoms with Crippen molar-refractivity contribution < 1.29 is 19.4 Å². The molecule has 1 heterocycles. The van der Waals surface area contributed by atoms with Crippen LogP contribution in [0.1, 0.15) is 62.9 Å². The SMILES string of the molecule is CC1(CNC(=O)OC(C)(C)C)CCC(c2ccc(Cl)cc2)=C(CN2CCN(c3ccc(C(=O)O)cc3)CC2)C1. The minimum absolute atomic E-state index is 0.0597. The quantitative estimate of drug-likeness (QED) is 0.417. The van der Waals surface area contributed by atoms with Crippen LogP contribution in [0.15, 0.2) is 54.1 Å². The van der Waals surface area contributed by atoms with Crippen LogP contribution in [0, 0.1) is 5.41 Å². The average Bonchev–Trinajstić information content (AvgIpc) is 2.88. The number of nitrogens with one attached hydrogen (secondary N) is 1. The van der Waals surface area contributed by atoms with Gasteiger partial charge in [0.15, 0.2) is 0 Å². The molecule has 7 nitrogen and oxygen atoms in total. The van der Waals surface area contributed by atoms with Gasteiger partial charge in [-0.05, 0) is 93.0 Å². The third kappa shape index (κ3) is 7.99. The number of amides is 1. The molecule has 39 heavy (non-hydrogen) atoms. The molecule has 2 N–H and O–H groups in total. The van der Waals surface area contributed by atoms with Gasteiger partial charge < -0.3 is 20.1 Å². The van der Waals surface area contributed by atoms with E-state index < -0.39 is 11.6 Å². The fourth-order valence-corrected chi connectivity index (χ4v) is 5.59. The van der Waals surface area contributed by atoms with Crippen molar-refractivity contribution in [2.45, 2.75) is 52.6 Å². The number of rotatable bonds is 7. The van der Waals surface area contributed by atoms with Crippen molar-refractivity contribution in [2.75, 3.05) is 44.2 Å². The smallest absolute Gasteiger partial charge is 0.407 e. The zero-order valence-corrected chi connectivity index (χ0v) is 24.2. The molecule has 4 rings (SSSR count). The molecule has 1 aliphatic heterocycles. The highest BCUT2D eigenvalue weighted by Gasteiger charge is 2.34. The number of aromatic carboxylic acids is 1. The number of piperazine rings is 1. The molecule has 2 aliphatic rings. The lowest BCUT2D eigenvalue weighted by Gasteiger charge is -2.41. The maximum Gasteiger partial charge on any atom is 0.407 e. The summed E-state index contributed by atoms with van der Waals surface area (Å²) >= 11 is 6.18. The van der Waals surface area contributed by atoms with Gasteiger partial charge in [0.2, 0.25) is 0 Å². The molecule has 1 fully saturated rings. The first kappa shape index (κ1) is 29.0. The van der Waals surface area contributed by atoms with E-state index in [-0.39, 0.29) is 11.5 Å². The van der Waals surface area contributed by atoms with Gasteiger partial charge in [-0.15, -0.1) is 0 Å². The van der Waals surface area contributed by atoms with Crippen molar-refractivity contribution in [3.05, 3.63) is 70.3 Å². The fraction of sp³-hybridized carbons (Fsp3) is 0.484. The van der Waals surface area contributed by atoms with Gasteiger partial charge >= 0.3 is 12.1 Å². The second-order valence-corrected chi connectivity index (χ2v) is 12.5. The van der Waals surface area contributed by atoms with Crippen molar-refractivity contribution in [1.29, 1.82) is 0 Å². The summed E-state index contributed by atoms with van der Waals surface area (Å²) in [5.74, 6) is -0.906. The molecular formula is C31H40ClN3O4. The van der Waals surface area contributed by atoms with Gasteiger partial charge in [-0.3, -0.25) is 4.90 Å². The summed E-state index contributed by atoms with van der Waals surface area (Å²) < 4.78 is 5.47. The number of halogens is 1. The van der Waals surface area contributed by atoms with E-state index in [0.29, 0.717) is 12.1 Å². The highest BCUT2D eigenvalue weighted by molar-refractivity contribution is 6.30. The molecule has 0 aromatic heterocycles. The number of allylic oxidation sites excluding steroid dienone is 1. The van der Waals surface area contributed by atoms with Gasteiger partial charge in [0.25, 0.3) is 0 Å². The maximum atomic E-state index is 12.4. The number of carboxylic acids is 1. The van der Waals surface area contributed by atoms with Gasteiger partial charge in [0.1, 0.15) is 5.60 Å². The number of anilines is 1. The summed E-state index contributed by atoms with van der Waals surface area (Å²) in [5, 5.41) is 12.9. The van der Waals surface area contributed by atoms with Crippen LogP contribution in [0.2, 0.25) is 5.02 Å². The Bertz CT molecular complexity index is 1200. The molecule has 1 atom stereocenters. The minimum atomic E-state index is -0.906. The number of ether oxygens (including phenoxy) is 1. The molecule has 2 aromatic rings. The van der Waals surface area contributed by atoms with Crippen LogP contribution in [0.3, 0.4) is 0 Å². The number of hydrogen-bond acceptors (Lipinski definition) is 5. The third-order valence-electron chi connectivity index (χ3n) is 7.56. The summed E-state index contributed by atoms with van der Waals surface area (Å²) in [6, 6.07) is 15.2.